The van der Waals surface area contributed by atoms with E-state index in [1.165, 1.54) is 0 Å². The maximum absolute atomic E-state index is 11.3. The maximum Gasteiger partial charge on any atom is 0.335 e. The first-order valence-electron chi connectivity index (χ1n) is 10.7. The highest BCUT2D eigenvalue weighted by Crippen LogP contribution is 2.34. The van der Waals surface area contributed by atoms with Crippen molar-refractivity contribution in [3.63, 3.8) is 0 Å². The number of carboxylic acids is 1. The van der Waals surface area contributed by atoms with Gasteiger partial charge in [-0.15, -0.1) is 0 Å². The number of rotatable bonds is 5. The van der Waals surface area contributed by atoms with E-state index in [0.29, 0.717) is 12.1 Å². The minimum Gasteiger partial charge on any atom is -0.478 e. The molecule has 7 heteroatoms. The van der Waals surface area contributed by atoms with Crippen molar-refractivity contribution in [1.29, 1.82) is 5.26 Å². The summed E-state index contributed by atoms with van der Waals surface area (Å²) in [6.07, 6.45) is 3.80. The Bertz CT molecular complexity index is 1570. The van der Waals surface area contributed by atoms with E-state index in [2.05, 4.69) is 21.9 Å². The summed E-state index contributed by atoms with van der Waals surface area (Å²) in [5.74, 6) is -0.250. The fourth-order valence-corrected chi connectivity index (χ4v) is 4.28. The van der Waals surface area contributed by atoms with Crippen LogP contribution in [0.25, 0.3) is 33.3 Å². The molecule has 0 radical (unpaired) electrons. The number of fused-ring (bicyclic) bond motifs is 1. The molecule has 3 heterocycles. The SMILES string of the molecule is Cc1noc(C)c1-c1cnc2c(-c3ccc(C(=O)O)cc3)cn(Cc3ccccc3C#N)c2c1. The van der Waals surface area contributed by atoms with Gasteiger partial charge in [0.15, 0.2) is 0 Å². The van der Waals surface area contributed by atoms with Gasteiger partial charge in [-0.05, 0) is 49.2 Å². The molecular weight excluding hydrogens is 428 g/mol. The molecule has 0 fully saturated rings. The van der Waals surface area contributed by atoms with Crippen molar-refractivity contribution < 1.29 is 14.4 Å². The molecule has 2 aromatic carbocycles. The Morgan fingerprint density at radius 1 is 1.12 bits per heavy atom. The summed E-state index contributed by atoms with van der Waals surface area (Å²) in [7, 11) is 0. The lowest BCUT2D eigenvalue weighted by molar-refractivity contribution is 0.0697. The Labute approximate surface area is 195 Å². The third-order valence-corrected chi connectivity index (χ3v) is 5.96. The van der Waals surface area contributed by atoms with Crippen molar-refractivity contribution in [2.45, 2.75) is 20.4 Å². The molecule has 0 aliphatic heterocycles. The summed E-state index contributed by atoms with van der Waals surface area (Å²) in [6.45, 7) is 4.25. The van der Waals surface area contributed by atoms with Gasteiger partial charge in [0.25, 0.3) is 0 Å². The second-order valence-corrected chi connectivity index (χ2v) is 8.11. The molecule has 0 aliphatic carbocycles. The number of nitriles is 1. The average molecular weight is 448 g/mol. The number of hydrogen-bond acceptors (Lipinski definition) is 5. The second-order valence-electron chi connectivity index (χ2n) is 8.11. The summed E-state index contributed by atoms with van der Waals surface area (Å²) >= 11 is 0. The minimum absolute atomic E-state index is 0.226. The van der Waals surface area contributed by atoms with Gasteiger partial charge < -0.3 is 14.2 Å². The van der Waals surface area contributed by atoms with Crippen molar-refractivity contribution in [1.82, 2.24) is 14.7 Å². The molecule has 3 aromatic heterocycles. The number of aromatic carboxylic acids is 1. The molecule has 0 aliphatic rings. The van der Waals surface area contributed by atoms with Crippen LogP contribution in [0.5, 0.6) is 0 Å². The van der Waals surface area contributed by atoms with E-state index in [-0.39, 0.29) is 5.56 Å². The second kappa shape index (κ2) is 8.34. The van der Waals surface area contributed by atoms with Gasteiger partial charge in [-0.1, -0.05) is 35.5 Å². The number of carbonyl (C=O) groups is 1. The normalized spacial score (nSPS) is 11.0. The monoisotopic (exact) mass is 448 g/mol. The standard InChI is InChI=1S/C27H20N4O3/c1-16-25(17(2)34-30-16)22-11-24-26(29-13-22)23(18-7-9-19(10-8-18)27(32)33)15-31(24)14-21-6-4-3-5-20(21)12-28/h3-11,13,15H,14H2,1-2H3,(H,32,33). The van der Waals surface area contributed by atoms with Crippen LogP contribution in [0, 0.1) is 25.2 Å². The molecule has 0 amide bonds. The summed E-state index contributed by atoms with van der Waals surface area (Å²) in [5.41, 5.74) is 7.75. The Hall–Kier alpha value is -4.70. The molecule has 5 rings (SSSR count). The van der Waals surface area contributed by atoms with E-state index in [4.69, 9.17) is 9.51 Å². The van der Waals surface area contributed by atoms with Crippen molar-refractivity contribution in [3.8, 4) is 28.3 Å². The molecule has 0 bridgehead atoms. The van der Waals surface area contributed by atoms with Crippen molar-refractivity contribution in [2.24, 2.45) is 0 Å². The Morgan fingerprint density at radius 2 is 1.88 bits per heavy atom. The largest absolute Gasteiger partial charge is 0.478 e. The number of aryl methyl sites for hydroxylation is 2. The minimum atomic E-state index is -0.968. The molecule has 166 valence electrons. The zero-order valence-corrected chi connectivity index (χ0v) is 18.6. The molecule has 0 unspecified atom stereocenters. The lowest BCUT2D eigenvalue weighted by atomic mass is 10.0. The third-order valence-electron chi connectivity index (χ3n) is 5.96. The van der Waals surface area contributed by atoms with Crippen molar-refractivity contribution in [2.75, 3.05) is 0 Å². The fraction of sp³-hybridized carbons (Fsp3) is 0.111. The zero-order chi connectivity index (χ0) is 23.8. The van der Waals surface area contributed by atoms with Gasteiger partial charge in [0.2, 0.25) is 0 Å². The van der Waals surface area contributed by atoms with Crippen LogP contribution in [0.15, 0.2) is 71.5 Å². The first-order chi connectivity index (χ1) is 16.5. The lowest BCUT2D eigenvalue weighted by Gasteiger charge is -2.08. The van der Waals surface area contributed by atoms with Crippen LogP contribution in [-0.2, 0) is 6.54 Å². The van der Waals surface area contributed by atoms with Crippen LogP contribution < -0.4 is 0 Å². The van der Waals surface area contributed by atoms with Crippen molar-refractivity contribution in [3.05, 3.63) is 95.1 Å². The summed E-state index contributed by atoms with van der Waals surface area (Å²) in [6, 6.07) is 18.6. The van der Waals surface area contributed by atoms with Gasteiger partial charge in [0, 0.05) is 35.6 Å². The summed E-state index contributed by atoms with van der Waals surface area (Å²) in [4.78, 5) is 16.1. The van der Waals surface area contributed by atoms with E-state index in [9.17, 15) is 15.2 Å². The Morgan fingerprint density at radius 3 is 2.56 bits per heavy atom. The molecule has 5 aromatic rings. The topological polar surface area (TPSA) is 105 Å². The maximum atomic E-state index is 11.3. The fourth-order valence-electron chi connectivity index (χ4n) is 4.28. The van der Waals surface area contributed by atoms with E-state index in [1.807, 2.05) is 38.2 Å². The Kier molecular flexibility index (Phi) is 5.19. The van der Waals surface area contributed by atoms with Crippen LogP contribution in [0.2, 0.25) is 0 Å². The van der Waals surface area contributed by atoms with Gasteiger partial charge in [-0.25, -0.2) is 4.79 Å². The van der Waals surface area contributed by atoms with Gasteiger partial charge in [-0.3, -0.25) is 4.98 Å². The predicted molar refractivity (Wildman–Crippen MR) is 127 cm³/mol. The molecule has 1 N–H and O–H groups in total. The molecular formula is C27H20N4O3. The third kappa shape index (κ3) is 3.61. The molecule has 7 nitrogen and oxygen atoms in total. The van der Waals surface area contributed by atoms with Crippen LogP contribution in [0.4, 0.5) is 0 Å². The summed E-state index contributed by atoms with van der Waals surface area (Å²) < 4.78 is 7.42. The van der Waals surface area contributed by atoms with Gasteiger partial charge >= 0.3 is 5.97 Å². The average Bonchev–Trinajstić information content (AvgIpc) is 3.38. The lowest BCUT2D eigenvalue weighted by Crippen LogP contribution is -2.00. The van der Waals surface area contributed by atoms with Crippen LogP contribution in [0.1, 0.15) is 32.9 Å². The molecule has 0 atom stereocenters. The van der Waals surface area contributed by atoms with Gasteiger partial charge in [0.1, 0.15) is 5.76 Å². The Balaban J connectivity index is 1.70. The van der Waals surface area contributed by atoms with Gasteiger partial charge in [-0.2, -0.15) is 5.26 Å². The molecule has 0 saturated heterocycles. The highest BCUT2D eigenvalue weighted by molar-refractivity contribution is 5.96. The van der Waals surface area contributed by atoms with Crippen LogP contribution in [-0.4, -0.2) is 25.8 Å². The number of nitrogens with zero attached hydrogens (tertiary/aromatic N) is 4. The van der Waals surface area contributed by atoms with E-state index in [1.54, 1.807) is 36.5 Å². The highest BCUT2D eigenvalue weighted by Gasteiger charge is 2.18. The van der Waals surface area contributed by atoms with Gasteiger partial charge in [0.05, 0.1) is 33.9 Å². The quantitative estimate of drug-likeness (QED) is 0.376. The van der Waals surface area contributed by atoms with E-state index < -0.39 is 5.97 Å². The number of aromatic nitrogens is 3. The number of hydrogen-bond donors (Lipinski definition) is 1. The molecule has 0 spiro atoms. The predicted octanol–water partition coefficient (Wildman–Crippen LogP) is 5.59. The van der Waals surface area contributed by atoms with Crippen molar-refractivity contribution >= 4 is 17.0 Å². The van der Waals surface area contributed by atoms with Crippen LogP contribution >= 0.6 is 0 Å². The number of benzene rings is 2. The molecule has 0 saturated carbocycles. The first kappa shape index (κ1) is 21.2. The smallest absolute Gasteiger partial charge is 0.335 e. The van der Waals surface area contributed by atoms with E-state index in [0.717, 1.165) is 50.3 Å². The van der Waals surface area contributed by atoms with E-state index >= 15 is 0 Å². The highest BCUT2D eigenvalue weighted by atomic mass is 16.5. The first-order valence-corrected chi connectivity index (χ1v) is 10.7. The summed E-state index contributed by atoms with van der Waals surface area (Å²) in [5, 5.41) is 22.9. The number of pyridine rings is 1. The molecule has 34 heavy (non-hydrogen) atoms. The zero-order valence-electron chi connectivity index (χ0n) is 18.6. The number of carboxylic acid groups (broad SMARTS) is 1. The van der Waals surface area contributed by atoms with Crippen LogP contribution in [0.3, 0.4) is 0 Å².